The number of likely N-dealkylation sites (tertiary alicyclic amines) is 1. The Morgan fingerprint density at radius 3 is 2.43 bits per heavy atom. The molecule has 2 aliphatic rings. The zero-order valence-electron chi connectivity index (χ0n) is 9.00. The summed E-state index contributed by atoms with van der Waals surface area (Å²) in [6.07, 6.45) is 5.19. The van der Waals surface area contributed by atoms with Gasteiger partial charge < -0.3 is 5.73 Å². The molecule has 0 spiro atoms. The standard InChI is InChI=1S/C11H21N3/c1-2-10(11(12)13)14-6-8-4-3-5-9(8)7-14/h8-10H,2-7H2,1H3,(H3,12,13). The van der Waals surface area contributed by atoms with Gasteiger partial charge in [0.2, 0.25) is 0 Å². The first-order valence-corrected chi connectivity index (χ1v) is 5.80. The Bertz CT molecular complexity index is 215. The van der Waals surface area contributed by atoms with Crippen LogP contribution in [0.1, 0.15) is 32.6 Å². The summed E-state index contributed by atoms with van der Waals surface area (Å²) < 4.78 is 0. The molecule has 0 radical (unpaired) electrons. The number of hydrogen-bond donors (Lipinski definition) is 2. The van der Waals surface area contributed by atoms with E-state index in [2.05, 4.69) is 11.8 Å². The summed E-state index contributed by atoms with van der Waals surface area (Å²) in [5.41, 5.74) is 5.62. The molecule has 0 amide bonds. The summed E-state index contributed by atoms with van der Waals surface area (Å²) in [7, 11) is 0. The molecule has 0 aromatic carbocycles. The topological polar surface area (TPSA) is 53.1 Å². The van der Waals surface area contributed by atoms with Crippen LogP contribution >= 0.6 is 0 Å². The molecule has 3 nitrogen and oxygen atoms in total. The second-order valence-corrected chi connectivity index (χ2v) is 4.78. The molecule has 1 saturated carbocycles. The van der Waals surface area contributed by atoms with E-state index in [1.807, 2.05) is 0 Å². The molecular weight excluding hydrogens is 174 g/mol. The van der Waals surface area contributed by atoms with Gasteiger partial charge in [-0.1, -0.05) is 13.3 Å². The summed E-state index contributed by atoms with van der Waals surface area (Å²) in [5.74, 6) is 2.17. The largest absolute Gasteiger partial charge is 0.386 e. The molecule has 0 aromatic heterocycles. The molecule has 1 aliphatic heterocycles. The van der Waals surface area contributed by atoms with E-state index in [9.17, 15) is 0 Å². The van der Waals surface area contributed by atoms with Gasteiger partial charge in [0.05, 0.1) is 6.04 Å². The van der Waals surface area contributed by atoms with E-state index < -0.39 is 0 Å². The lowest BCUT2D eigenvalue weighted by atomic mass is 10.0. The Hall–Kier alpha value is -0.570. The first-order chi connectivity index (χ1) is 6.72. The number of fused-ring (bicyclic) bond motifs is 1. The molecule has 80 valence electrons. The highest BCUT2D eigenvalue weighted by atomic mass is 15.2. The summed E-state index contributed by atoms with van der Waals surface area (Å²) >= 11 is 0. The lowest BCUT2D eigenvalue weighted by molar-refractivity contribution is 0.268. The van der Waals surface area contributed by atoms with Crippen LogP contribution in [-0.2, 0) is 0 Å². The molecule has 1 aliphatic carbocycles. The van der Waals surface area contributed by atoms with E-state index in [1.54, 1.807) is 0 Å². The van der Waals surface area contributed by atoms with Gasteiger partial charge in [0.25, 0.3) is 0 Å². The van der Waals surface area contributed by atoms with Crippen LogP contribution in [0.5, 0.6) is 0 Å². The summed E-state index contributed by atoms with van der Waals surface area (Å²) in [5, 5.41) is 7.56. The van der Waals surface area contributed by atoms with Gasteiger partial charge in [-0.2, -0.15) is 0 Å². The Morgan fingerprint density at radius 2 is 2.00 bits per heavy atom. The summed E-state index contributed by atoms with van der Waals surface area (Å²) in [6, 6.07) is 0.209. The summed E-state index contributed by atoms with van der Waals surface area (Å²) in [4.78, 5) is 2.43. The van der Waals surface area contributed by atoms with Gasteiger partial charge >= 0.3 is 0 Å². The number of nitrogens with two attached hydrogens (primary N) is 1. The van der Waals surface area contributed by atoms with Crippen molar-refractivity contribution in [3.8, 4) is 0 Å². The quantitative estimate of drug-likeness (QED) is 0.529. The molecule has 1 saturated heterocycles. The van der Waals surface area contributed by atoms with E-state index >= 15 is 0 Å². The maximum absolute atomic E-state index is 7.56. The molecular formula is C11H21N3. The minimum atomic E-state index is 0.209. The zero-order chi connectivity index (χ0) is 10.1. The van der Waals surface area contributed by atoms with E-state index in [4.69, 9.17) is 11.1 Å². The van der Waals surface area contributed by atoms with Crippen LogP contribution < -0.4 is 5.73 Å². The van der Waals surface area contributed by atoms with Crippen molar-refractivity contribution < 1.29 is 0 Å². The lowest BCUT2D eigenvalue weighted by Crippen LogP contribution is -2.43. The van der Waals surface area contributed by atoms with Crippen LogP contribution in [0.3, 0.4) is 0 Å². The Balaban J connectivity index is 1.97. The number of hydrogen-bond acceptors (Lipinski definition) is 2. The molecule has 0 bridgehead atoms. The van der Waals surface area contributed by atoms with Crippen molar-refractivity contribution in [2.75, 3.05) is 13.1 Å². The highest BCUT2D eigenvalue weighted by Gasteiger charge is 2.38. The highest BCUT2D eigenvalue weighted by Crippen LogP contribution is 2.38. The van der Waals surface area contributed by atoms with Gasteiger partial charge in [0.15, 0.2) is 0 Å². The molecule has 1 heterocycles. The molecule has 3 heteroatoms. The SMILES string of the molecule is CCC(C(=N)N)N1CC2CCCC2C1. The Morgan fingerprint density at radius 1 is 1.43 bits per heavy atom. The van der Waals surface area contributed by atoms with Crippen molar-refractivity contribution >= 4 is 5.84 Å². The van der Waals surface area contributed by atoms with Crippen molar-refractivity contribution in [3.63, 3.8) is 0 Å². The molecule has 0 aromatic rings. The fraction of sp³-hybridized carbons (Fsp3) is 0.909. The van der Waals surface area contributed by atoms with Crippen LogP contribution in [-0.4, -0.2) is 29.9 Å². The average molecular weight is 195 g/mol. The molecule has 2 rings (SSSR count). The number of nitrogens with zero attached hydrogens (tertiary/aromatic N) is 1. The van der Waals surface area contributed by atoms with Crippen molar-refractivity contribution in [3.05, 3.63) is 0 Å². The fourth-order valence-electron chi connectivity index (χ4n) is 3.20. The van der Waals surface area contributed by atoms with Crippen LogP contribution in [0.2, 0.25) is 0 Å². The van der Waals surface area contributed by atoms with Gasteiger partial charge in [-0.15, -0.1) is 0 Å². The first kappa shape index (κ1) is 9.97. The third-order valence-corrected chi connectivity index (χ3v) is 3.94. The van der Waals surface area contributed by atoms with E-state index in [-0.39, 0.29) is 6.04 Å². The summed E-state index contributed by atoms with van der Waals surface area (Å²) in [6.45, 7) is 4.49. The van der Waals surface area contributed by atoms with Crippen LogP contribution in [0.4, 0.5) is 0 Å². The Kier molecular flexibility index (Phi) is 2.77. The molecule has 2 fully saturated rings. The van der Waals surface area contributed by atoms with Crippen molar-refractivity contribution in [1.29, 1.82) is 5.41 Å². The normalized spacial score (nSPS) is 34.4. The van der Waals surface area contributed by atoms with E-state index in [0.29, 0.717) is 5.84 Å². The predicted molar refractivity (Wildman–Crippen MR) is 58.4 cm³/mol. The second kappa shape index (κ2) is 3.89. The molecule has 3 atom stereocenters. The number of nitrogens with one attached hydrogen (secondary N) is 1. The average Bonchev–Trinajstić information content (AvgIpc) is 2.63. The van der Waals surface area contributed by atoms with Crippen molar-refractivity contribution in [2.45, 2.75) is 38.6 Å². The van der Waals surface area contributed by atoms with E-state index in [0.717, 1.165) is 18.3 Å². The monoisotopic (exact) mass is 195 g/mol. The number of rotatable bonds is 3. The van der Waals surface area contributed by atoms with Gasteiger partial charge in [-0.05, 0) is 31.1 Å². The number of amidine groups is 1. The van der Waals surface area contributed by atoms with Gasteiger partial charge in [0, 0.05) is 13.1 Å². The third kappa shape index (κ3) is 1.65. The molecule has 3 unspecified atom stereocenters. The maximum Gasteiger partial charge on any atom is 0.108 e. The van der Waals surface area contributed by atoms with Gasteiger partial charge in [-0.3, -0.25) is 10.3 Å². The smallest absolute Gasteiger partial charge is 0.108 e. The lowest BCUT2D eigenvalue weighted by Gasteiger charge is -2.26. The molecule has 3 N–H and O–H groups in total. The van der Waals surface area contributed by atoms with Crippen molar-refractivity contribution in [1.82, 2.24) is 4.90 Å². The van der Waals surface area contributed by atoms with Crippen molar-refractivity contribution in [2.24, 2.45) is 17.6 Å². The van der Waals surface area contributed by atoms with Crippen LogP contribution in [0.25, 0.3) is 0 Å². The first-order valence-electron chi connectivity index (χ1n) is 5.80. The fourth-order valence-corrected chi connectivity index (χ4v) is 3.20. The third-order valence-electron chi connectivity index (χ3n) is 3.94. The Labute approximate surface area is 86.2 Å². The van der Waals surface area contributed by atoms with Gasteiger partial charge in [0.1, 0.15) is 5.84 Å². The second-order valence-electron chi connectivity index (χ2n) is 4.78. The minimum absolute atomic E-state index is 0.209. The maximum atomic E-state index is 7.56. The van der Waals surface area contributed by atoms with Crippen LogP contribution in [0.15, 0.2) is 0 Å². The van der Waals surface area contributed by atoms with Gasteiger partial charge in [-0.25, -0.2) is 0 Å². The predicted octanol–water partition coefficient (Wildman–Crippen LogP) is 1.43. The van der Waals surface area contributed by atoms with E-state index in [1.165, 1.54) is 32.4 Å². The molecule has 14 heavy (non-hydrogen) atoms. The highest BCUT2D eigenvalue weighted by molar-refractivity contribution is 5.82. The minimum Gasteiger partial charge on any atom is -0.386 e. The zero-order valence-corrected chi connectivity index (χ0v) is 9.00. The van der Waals surface area contributed by atoms with Crippen LogP contribution in [0, 0.1) is 17.2 Å².